The Bertz CT molecular complexity index is 1060. The van der Waals surface area contributed by atoms with Gasteiger partial charge in [0.2, 0.25) is 21.8 Å². The Morgan fingerprint density at radius 1 is 1.23 bits per heavy atom. The summed E-state index contributed by atoms with van der Waals surface area (Å²) in [5, 5.41) is 7.57. The number of carbonyl (C=O) groups is 2. The fraction of sp³-hybridized carbons (Fsp3) is 0.333. The van der Waals surface area contributed by atoms with Crippen LogP contribution in [-0.2, 0) is 26.0 Å². The van der Waals surface area contributed by atoms with Crippen molar-refractivity contribution in [3.8, 4) is 0 Å². The Hall–Kier alpha value is -2.43. The molecule has 2 aromatic rings. The van der Waals surface area contributed by atoms with E-state index in [4.69, 9.17) is 5.14 Å². The average molecular weight is 466 g/mol. The number of nitrogens with one attached hydrogen (secondary N) is 1. The Morgan fingerprint density at radius 2 is 1.84 bits per heavy atom. The van der Waals surface area contributed by atoms with Crippen molar-refractivity contribution >= 4 is 33.6 Å². The van der Waals surface area contributed by atoms with Crippen molar-refractivity contribution in [1.29, 1.82) is 0 Å². The van der Waals surface area contributed by atoms with Gasteiger partial charge >= 0.3 is 0 Å². The lowest BCUT2D eigenvalue weighted by atomic mass is 10.1. The van der Waals surface area contributed by atoms with E-state index in [2.05, 4.69) is 5.32 Å². The van der Waals surface area contributed by atoms with Crippen molar-refractivity contribution in [3.05, 3.63) is 65.5 Å². The monoisotopic (exact) mass is 465 g/mol. The molecular formula is C21H24FN3O4S2. The van der Waals surface area contributed by atoms with Crippen LogP contribution < -0.4 is 10.5 Å². The van der Waals surface area contributed by atoms with Gasteiger partial charge in [-0.15, -0.1) is 11.8 Å². The summed E-state index contributed by atoms with van der Waals surface area (Å²) in [6.07, 6.45) is 0.459. The van der Waals surface area contributed by atoms with Crippen LogP contribution in [0.15, 0.2) is 53.4 Å². The number of nitrogens with two attached hydrogens (primary N) is 1. The minimum absolute atomic E-state index is 0.000528. The largest absolute Gasteiger partial charge is 0.343 e. The van der Waals surface area contributed by atoms with Gasteiger partial charge < -0.3 is 10.2 Å². The first-order valence-corrected chi connectivity index (χ1v) is 12.2. The first-order chi connectivity index (χ1) is 14.6. The molecule has 10 heteroatoms. The van der Waals surface area contributed by atoms with E-state index in [1.54, 1.807) is 31.3 Å². The highest BCUT2D eigenvalue weighted by Crippen LogP contribution is 2.26. The van der Waals surface area contributed by atoms with E-state index < -0.39 is 16.1 Å². The zero-order valence-corrected chi connectivity index (χ0v) is 18.8. The minimum atomic E-state index is -3.78. The first-order valence-electron chi connectivity index (χ1n) is 9.62. The number of thioether (sulfide) groups is 1. The molecule has 0 bridgehead atoms. The standard InChI is InChI=1S/C21H24FN3O4S2/c1-13(15-5-9-17(10-6-15)31(23,28)29)25(2)21(27)18-12-30-19(20(26)24-18)11-14-3-7-16(22)8-4-14/h3-10,13,18-19H,11-12H2,1-2H3,(H,24,26)(H2,23,28,29). The maximum absolute atomic E-state index is 13.1. The molecule has 31 heavy (non-hydrogen) atoms. The molecule has 1 fully saturated rings. The molecule has 0 aliphatic carbocycles. The maximum Gasteiger partial charge on any atom is 0.246 e. The topological polar surface area (TPSA) is 110 Å². The molecule has 1 aliphatic heterocycles. The van der Waals surface area contributed by atoms with Gasteiger partial charge in [0.15, 0.2) is 0 Å². The predicted molar refractivity (Wildman–Crippen MR) is 117 cm³/mol. The van der Waals surface area contributed by atoms with Crippen LogP contribution in [0, 0.1) is 5.82 Å². The van der Waals surface area contributed by atoms with Crippen molar-refractivity contribution in [1.82, 2.24) is 10.2 Å². The van der Waals surface area contributed by atoms with Crippen LogP contribution in [0.2, 0.25) is 0 Å². The van der Waals surface area contributed by atoms with Crippen molar-refractivity contribution in [2.45, 2.75) is 35.6 Å². The highest BCUT2D eigenvalue weighted by atomic mass is 32.2. The molecule has 0 saturated carbocycles. The number of carbonyl (C=O) groups excluding carboxylic acids is 2. The highest BCUT2D eigenvalue weighted by Gasteiger charge is 2.34. The summed E-state index contributed by atoms with van der Waals surface area (Å²) in [7, 11) is -2.14. The maximum atomic E-state index is 13.1. The molecule has 7 nitrogen and oxygen atoms in total. The molecule has 0 spiro atoms. The fourth-order valence-corrected chi connectivity index (χ4v) is 5.01. The molecule has 1 saturated heterocycles. The van der Waals surface area contributed by atoms with E-state index in [0.29, 0.717) is 12.2 Å². The molecule has 3 N–H and O–H groups in total. The van der Waals surface area contributed by atoms with E-state index >= 15 is 0 Å². The highest BCUT2D eigenvalue weighted by molar-refractivity contribution is 8.00. The lowest BCUT2D eigenvalue weighted by Crippen LogP contribution is -2.55. The van der Waals surface area contributed by atoms with E-state index in [0.717, 1.165) is 11.1 Å². The molecule has 1 aliphatic rings. The zero-order valence-electron chi connectivity index (χ0n) is 17.1. The number of nitrogens with zero attached hydrogens (tertiary/aromatic N) is 1. The predicted octanol–water partition coefficient (Wildman–Crippen LogP) is 1.84. The van der Waals surface area contributed by atoms with Crippen molar-refractivity contribution < 1.29 is 22.4 Å². The summed E-state index contributed by atoms with van der Waals surface area (Å²) in [5.41, 5.74) is 1.60. The number of likely N-dealkylation sites (N-methyl/N-ethyl adjacent to an activating group) is 1. The molecule has 1 heterocycles. The second-order valence-electron chi connectivity index (χ2n) is 7.45. The van der Waals surface area contributed by atoms with Crippen molar-refractivity contribution in [2.75, 3.05) is 12.8 Å². The summed E-state index contributed by atoms with van der Waals surface area (Å²) in [4.78, 5) is 27.0. The molecule has 3 unspecified atom stereocenters. The number of halogens is 1. The van der Waals surface area contributed by atoms with Crippen LogP contribution in [-0.4, -0.2) is 49.2 Å². The Labute approximate surface area is 185 Å². The molecule has 0 aromatic heterocycles. The van der Waals surface area contributed by atoms with E-state index in [9.17, 15) is 22.4 Å². The lowest BCUT2D eigenvalue weighted by molar-refractivity contribution is -0.136. The van der Waals surface area contributed by atoms with Gasteiger partial charge in [-0.3, -0.25) is 9.59 Å². The third-order valence-corrected chi connectivity index (χ3v) is 7.56. The van der Waals surface area contributed by atoms with Crippen molar-refractivity contribution in [2.24, 2.45) is 5.14 Å². The van der Waals surface area contributed by atoms with Crippen LogP contribution in [0.4, 0.5) is 4.39 Å². The quantitative estimate of drug-likeness (QED) is 0.677. The lowest BCUT2D eigenvalue weighted by Gasteiger charge is -2.33. The number of hydrogen-bond donors (Lipinski definition) is 2. The first kappa shape index (κ1) is 23.2. The Kier molecular flexibility index (Phi) is 7.03. The van der Waals surface area contributed by atoms with Gasteiger partial charge in [0, 0.05) is 12.8 Å². The van der Waals surface area contributed by atoms with Crippen LogP contribution in [0.3, 0.4) is 0 Å². The van der Waals surface area contributed by atoms with Gasteiger partial charge in [0.05, 0.1) is 16.2 Å². The van der Waals surface area contributed by atoms with E-state index in [1.807, 2.05) is 6.92 Å². The Morgan fingerprint density at radius 3 is 2.39 bits per heavy atom. The Balaban J connectivity index is 1.61. The molecule has 3 atom stereocenters. The normalized spacial score (nSPS) is 20.1. The second-order valence-corrected chi connectivity index (χ2v) is 10.3. The van der Waals surface area contributed by atoms with Gasteiger partial charge in [-0.25, -0.2) is 17.9 Å². The summed E-state index contributed by atoms with van der Waals surface area (Å²) < 4.78 is 35.9. The summed E-state index contributed by atoms with van der Waals surface area (Å²) >= 11 is 1.40. The van der Waals surface area contributed by atoms with Crippen molar-refractivity contribution in [3.63, 3.8) is 0 Å². The number of primary sulfonamides is 1. The molecular weight excluding hydrogens is 441 g/mol. The van der Waals surface area contributed by atoms with E-state index in [-0.39, 0.29) is 33.8 Å². The number of hydrogen-bond acceptors (Lipinski definition) is 5. The number of sulfonamides is 1. The average Bonchev–Trinajstić information content (AvgIpc) is 2.74. The van der Waals surface area contributed by atoms with Crippen LogP contribution in [0.25, 0.3) is 0 Å². The molecule has 2 amide bonds. The summed E-state index contributed by atoms with van der Waals surface area (Å²) in [6.45, 7) is 1.82. The molecule has 3 rings (SSSR count). The number of amides is 2. The summed E-state index contributed by atoms with van der Waals surface area (Å²) in [6, 6.07) is 11.1. The summed E-state index contributed by atoms with van der Waals surface area (Å²) in [5.74, 6) is -0.356. The van der Waals surface area contributed by atoms with Gasteiger partial charge in [0.1, 0.15) is 11.9 Å². The molecule has 2 aromatic carbocycles. The van der Waals surface area contributed by atoms with Gasteiger partial charge in [-0.1, -0.05) is 24.3 Å². The van der Waals surface area contributed by atoms with Gasteiger partial charge in [-0.05, 0) is 48.7 Å². The third-order valence-electron chi connectivity index (χ3n) is 5.33. The zero-order chi connectivity index (χ0) is 22.8. The van der Waals surface area contributed by atoms with Gasteiger partial charge in [-0.2, -0.15) is 0 Å². The van der Waals surface area contributed by atoms with Gasteiger partial charge in [0.25, 0.3) is 0 Å². The SMILES string of the molecule is CC(c1ccc(S(N)(=O)=O)cc1)N(C)C(=O)C1CSC(Cc2ccc(F)cc2)C(=O)N1. The number of benzene rings is 2. The smallest absolute Gasteiger partial charge is 0.246 e. The number of rotatable bonds is 6. The molecule has 166 valence electrons. The van der Waals surface area contributed by atoms with Crippen LogP contribution >= 0.6 is 11.8 Å². The third kappa shape index (κ3) is 5.63. The minimum Gasteiger partial charge on any atom is -0.343 e. The fourth-order valence-electron chi connectivity index (χ4n) is 3.31. The second kappa shape index (κ2) is 9.37. The van der Waals surface area contributed by atoms with Crippen LogP contribution in [0.1, 0.15) is 24.1 Å². The van der Waals surface area contributed by atoms with Crippen LogP contribution in [0.5, 0.6) is 0 Å². The van der Waals surface area contributed by atoms with E-state index in [1.165, 1.54) is 40.9 Å². The molecule has 0 radical (unpaired) electrons.